The Labute approximate surface area is 84.5 Å². The van der Waals surface area contributed by atoms with Crippen molar-refractivity contribution in [2.75, 3.05) is 6.54 Å². The van der Waals surface area contributed by atoms with Crippen molar-refractivity contribution >= 4 is 12.1 Å². The van der Waals surface area contributed by atoms with E-state index in [0.717, 1.165) is 0 Å². The summed E-state index contributed by atoms with van der Waals surface area (Å²) in [5, 5.41) is 21.5. The summed E-state index contributed by atoms with van der Waals surface area (Å²) in [7, 11) is 0. The zero-order valence-electron chi connectivity index (χ0n) is 7.75. The molecule has 0 unspecified atom stereocenters. The molecule has 0 aliphatic carbocycles. The zero-order valence-corrected chi connectivity index (χ0v) is 7.75. The number of nitrogens with zero attached hydrogens (tertiary/aromatic N) is 3. The molecule has 0 saturated carbocycles. The second-order valence-corrected chi connectivity index (χ2v) is 3.24. The number of aromatic nitrogens is 2. The zero-order chi connectivity index (χ0) is 11.0. The molecule has 2 heterocycles. The highest BCUT2D eigenvalue weighted by atomic mass is 16.4. The Morgan fingerprint density at radius 2 is 2.07 bits per heavy atom. The molecule has 2 N–H and O–H groups in total. The largest absolute Gasteiger partial charge is 0.478 e. The lowest BCUT2D eigenvalue weighted by molar-refractivity contribution is 0.0691. The van der Waals surface area contributed by atoms with Gasteiger partial charge in [0.2, 0.25) is 0 Å². The van der Waals surface area contributed by atoms with Crippen LogP contribution in [0.25, 0.3) is 0 Å². The number of carbonyl (C=O) groups is 2. The van der Waals surface area contributed by atoms with Gasteiger partial charge in [-0.25, -0.2) is 9.59 Å². The van der Waals surface area contributed by atoms with Gasteiger partial charge in [0.1, 0.15) is 5.56 Å². The molecule has 0 fully saturated rings. The average molecular weight is 211 g/mol. The standard InChI is InChI=1S/C8H9N3O4/c12-7(13)5-3-9-11-2-1-10(8(14)15)4-6(5)11/h3H,1-2,4H2,(H,12,13)(H,14,15). The highest BCUT2D eigenvalue weighted by Crippen LogP contribution is 2.16. The molecule has 1 aliphatic heterocycles. The first-order valence-electron chi connectivity index (χ1n) is 4.35. The maximum atomic E-state index is 10.8. The van der Waals surface area contributed by atoms with E-state index in [-0.39, 0.29) is 12.1 Å². The summed E-state index contributed by atoms with van der Waals surface area (Å²) in [6.45, 7) is 0.814. The Morgan fingerprint density at radius 3 is 2.67 bits per heavy atom. The van der Waals surface area contributed by atoms with Gasteiger partial charge in [-0.1, -0.05) is 0 Å². The number of aromatic carboxylic acids is 1. The lowest BCUT2D eigenvalue weighted by Crippen LogP contribution is -2.38. The van der Waals surface area contributed by atoms with E-state index < -0.39 is 12.1 Å². The number of rotatable bonds is 1. The molecule has 0 atom stereocenters. The Balaban J connectivity index is 2.34. The molecule has 2 rings (SSSR count). The number of fused-ring (bicyclic) bond motifs is 1. The second kappa shape index (κ2) is 3.26. The van der Waals surface area contributed by atoms with E-state index in [2.05, 4.69) is 5.10 Å². The fraction of sp³-hybridized carbons (Fsp3) is 0.375. The van der Waals surface area contributed by atoms with Gasteiger partial charge in [-0.3, -0.25) is 4.68 Å². The maximum Gasteiger partial charge on any atom is 0.407 e. The van der Waals surface area contributed by atoms with E-state index in [9.17, 15) is 9.59 Å². The Kier molecular flexibility index (Phi) is 2.07. The SMILES string of the molecule is O=C(O)c1cnn2c1CN(C(=O)O)CC2. The van der Waals surface area contributed by atoms with Gasteiger partial charge in [0.15, 0.2) is 0 Å². The van der Waals surface area contributed by atoms with Crippen molar-refractivity contribution in [3.05, 3.63) is 17.5 Å². The molecule has 1 aromatic rings. The number of hydrogen-bond acceptors (Lipinski definition) is 3. The summed E-state index contributed by atoms with van der Waals surface area (Å²) < 4.78 is 1.53. The summed E-state index contributed by atoms with van der Waals surface area (Å²) in [4.78, 5) is 22.7. The second-order valence-electron chi connectivity index (χ2n) is 3.24. The van der Waals surface area contributed by atoms with Crippen molar-refractivity contribution in [3.63, 3.8) is 0 Å². The molecule has 1 amide bonds. The topological polar surface area (TPSA) is 95.7 Å². The lowest BCUT2D eigenvalue weighted by atomic mass is 10.2. The van der Waals surface area contributed by atoms with Crippen LogP contribution >= 0.6 is 0 Å². The molecule has 0 aromatic carbocycles. The molecule has 0 spiro atoms. The molecule has 15 heavy (non-hydrogen) atoms. The average Bonchev–Trinajstić information content (AvgIpc) is 2.59. The predicted molar refractivity (Wildman–Crippen MR) is 47.6 cm³/mol. The van der Waals surface area contributed by atoms with Crippen molar-refractivity contribution < 1.29 is 19.8 Å². The molecule has 1 aliphatic rings. The molecule has 0 bridgehead atoms. The van der Waals surface area contributed by atoms with E-state index >= 15 is 0 Å². The normalized spacial score (nSPS) is 14.8. The summed E-state index contributed by atoms with van der Waals surface area (Å²) in [6.07, 6.45) is 0.210. The number of carboxylic acids is 1. The van der Waals surface area contributed by atoms with Crippen LogP contribution in [0.15, 0.2) is 6.20 Å². The van der Waals surface area contributed by atoms with Crippen molar-refractivity contribution in [2.45, 2.75) is 13.1 Å². The van der Waals surface area contributed by atoms with Crippen LogP contribution in [-0.2, 0) is 13.1 Å². The van der Waals surface area contributed by atoms with Gasteiger partial charge in [-0.15, -0.1) is 0 Å². The van der Waals surface area contributed by atoms with E-state index in [1.165, 1.54) is 15.8 Å². The van der Waals surface area contributed by atoms with Gasteiger partial charge in [0.05, 0.1) is 25.0 Å². The molecular weight excluding hydrogens is 202 g/mol. The number of carboxylic acid groups (broad SMARTS) is 2. The van der Waals surface area contributed by atoms with Crippen LogP contribution in [0.5, 0.6) is 0 Å². The fourth-order valence-electron chi connectivity index (χ4n) is 1.59. The van der Waals surface area contributed by atoms with Gasteiger partial charge >= 0.3 is 12.1 Å². The van der Waals surface area contributed by atoms with Crippen LogP contribution in [0.2, 0.25) is 0 Å². The van der Waals surface area contributed by atoms with Gasteiger partial charge in [-0.2, -0.15) is 5.10 Å². The Bertz CT molecular complexity index is 426. The van der Waals surface area contributed by atoms with Gasteiger partial charge in [0.25, 0.3) is 0 Å². The van der Waals surface area contributed by atoms with Crippen LogP contribution < -0.4 is 0 Å². The van der Waals surface area contributed by atoms with Crippen LogP contribution in [0, 0.1) is 0 Å². The molecule has 1 aromatic heterocycles. The molecular formula is C8H9N3O4. The summed E-state index contributed by atoms with van der Waals surface area (Å²) in [5.41, 5.74) is 0.511. The van der Waals surface area contributed by atoms with Crippen LogP contribution in [-0.4, -0.2) is 43.5 Å². The minimum absolute atomic E-state index is 0.0703. The number of hydrogen-bond donors (Lipinski definition) is 2. The quantitative estimate of drug-likeness (QED) is 0.685. The first-order valence-corrected chi connectivity index (χ1v) is 4.35. The summed E-state index contributed by atoms with van der Waals surface area (Å²) in [6, 6.07) is 0. The number of amides is 1. The molecule has 7 heteroatoms. The van der Waals surface area contributed by atoms with Gasteiger partial charge in [0, 0.05) is 6.54 Å². The third-order valence-corrected chi connectivity index (χ3v) is 2.37. The monoisotopic (exact) mass is 211 g/mol. The molecule has 7 nitrogen and oxygen atoms in total. The van der Waals surface area contributed by atoms with Gasteiger partial charge < -0.3 is 15.1 Å². The van der Waals surface area contributed by atoms with Crippen LogP contribution in [0.3, 0.4) is 0 Å². The molecule has 80 valence electrons. The first-order chi connectivity index (χ1) is 7.09. The smallest absolute Gasteiger partial charge is 0.407 e. The highest BCUT2D eigenvalue weighted by molar-refractivity contribution is 5.88. The minimum Gasteiger partial charge on any atom is -0.478 e. The summed E-state index contributed by atoms with van der Waals surface area (Å²) in [5.74, 6) is -1.08. The summed E-state index contributed by atoms with van der Waals surface area (Å²) >= 11 is 0. The predicted octanol–water partition coefficient (Wildman–Crippen LogP) is 0.0749. The fourth-order valence-corrected chi connectivity index (χ4v) is 1.59. The highest BCUT2D eigenvalue weighted by Gasteiger charge is 2.25. The van der Waals surface area contributed by atoms with Crippen molar-refractivity contribution in [2.24, 2.45) is 0 Å². The van der Waals surface area contributed by atoms with Crippen molar-refractivity contribution in [3.8, 4) is 0 Å². The third kappa shape index (κ3) is 1.51. The van der Waals surface area contributed by atoms with Crippen LogP contribution in [0.4, 0.5) is 4.79 Å². The Hall–Kier alpha value is -2.05. The molecule has 0 saturated heterocycles. The van der Waals surface area contributed by atoms with Crippen LogP contribution in [0.1, 0.15) is 16.1 Å². The van der Waals surface area contributed by atoms with E-state index in [4.69, 9.17) is 10.2 Å². The first kappa shape index (κ1) is 9.50. The minimum atomic E-state index is -1.08. The maximum absolute atomic E-state index is 10.8. The lowest BCUT2D eigenvalue weighted by Gasteiger charge is -2.25. The van der Waals surface area contributed by atoms with Gasteiger partial charge in [-0.05, 0) is 0 Å². The van der Waals surface area contributed by atoms with E-state index in [1.54, 1.807) is 0 Å². The van der Waals surface area contributed by atoms with E-state index in [0.29, 0.717) is 18.8 Å². The van der Waals surface area contributed by atoms with E-state index in [1.807, 2.05) is 0 Å². The Morgan fingerprint density at radius 1 is 1.33 bits per heavy atom. The van der Waals surface area contributed by atoms with Crippen molar-refractivity contribution in [1.29, 1.82) is 0 Å². The van der Waals surface area contributed by atoms with Crippen molar-refractivity contribution in [1.82, 2.24) is 14.7 Å². The molecule has 0 radical (unpaired) electrons. The third-order valence-electron chi connectivity index (χ3n) is 2.37.